The Labute approximate surface area is 178 Å². The van der Waals surface area contributed by atoms with Crippen LogP contribution in [0, 0.1) is 11.3 Å². The SMILES string of the molecule is CN(C)C(=O)c1c(N(C)C=O)c(C#N)c(N2CCCCC2)n1CC1=CC=CC=CC1. The molecule has 2 aliphatic rings. The van der Waals surface area contributed by atoms with Gasteiger partial charge in [-0.05, 0) is 31.3 Å². The van der Waals surface area contributed by atoms with Gasteiger partial charge in [-0.15, -0.1) is 0 Å². The summed E-state index contributed by atoms with van der Waals surface area (Å²) in [5.74, 6) is 0.517. The molecule has 1 aliphatic heterocycles. The fourth-order valence-corrected chi connectivity index (χ4v) is 4.05. The lowest BCUT2D eigenvalue weighted by Crippen LogP contribution is -2.33. The maximum absolute atomic E-state index is 13.3. The molecule has 0 bridgehead atoms. The fourth-order valence-electron chi connectivity index (χ4n) is 4.05. The summed E-state index contributed by atoms with van der Waals surface area (Å²) in [5, 5.41) is 10.1. The van der Waals surface area contributed by atoms with Gasteiger partial charge in [0.15, 0.2) is 0 Å². The molecular formula is C23H29N5O2. The predicted octanol–water partition coefficient (Wildman–Crippen LogP) is 3.09. The Balaban J connectivity index is 2.27. The highest BCUT2D eigenvalue weighted by Gasteiger charge is 2.33. The second-order valence-corrected chi connectivity index (χ2v) is 7.90. The Kier molecular flexibility index (Phi) is 6.78. The van der Waals surface area contributed by atoms with Crippen LogP contribution in [-0.2, 0) is 11.3 Å². The highest BCUT2D eigenvalue weighted by Crippen LogP contribution is 2.38. The zero-order valence-corrected chi connectivity index (χ0v) is 18.0. The minimum atomic E-state index is -0.223. The van der Waals surface area contributed by atoms with Gasteiger partial charge in [0.1, 0.15) is 23.1 Å². The molecule has 1 fully saturated rings. The zero-order valence-electron chi connectivity index (χ0n) is 18.0. The van der Waals surface area contributed by atoms with Crippen LogP contribution in [0.4, 0.5) is 11.5 Å². The first-order valence-electron chi connectivity index (χ1n) is 10.3. The number of nitriles is 1. The van der Waals surface area contributed by atoms with Crippen LogP contribution in [0.1, 0.15) is 41.7 Å². The molecule has 0 aromatic carbocycles. The van der Waals surface area contributed by atoms with Crippen LogP contribution in [0.5, 0.6) is 0 Å². The number of aromatic nitrogens is 1. The second-order valence-electron chi connectivity index (χ2n) is 7.90. The average molecular weight is 408 g/mol. The summed E-state index contributed by atoms with van der Waals surface area (Å²) >= 11 is 0. The van der Waals surface area contributed by atoms with Crippen molar-refractivity contribution in [3.8, 4) is 6.07 Å². The maximum Gasteiger partial charge on any atom is 0.272 e. The number of rotatable bonds is 6. The summed E-state index contributed by atoms with van der Waals surface area (Å²) in [6.45, 7) is 2.14. The molecule has 2 heterocycles. The van der Waals surface area contributed by atoms with Gasteiger partial charge in [-0.1, -0.05) is 30.4 Å². The fraction of sp³-hybridized carbons (Fsp3) is 0.435. The van der Waals surface area contributed by atoms with Gasteiger partial charge in [-0.2, -0.15) is 5.26 Å². The highest BCUT2D eigenvalue weighted by atomic mass is 16.2. The molecule has 0 unspecified atom stereocenters. The van der Waals surface area contributed by atoms with E-state index in [1.165, 1.54) is 9.80 Å². The van der Waals surface area contributed by atoms with Crippen molar-refractivity contribution in [3.05, 3.63) is 47.2 Å². The lowest BCUT2D eigenvalue weighted by atomic mass is 10.1. The Bertz CT molecular complexity index is 940. The van der Waals surface area contributed by atoms with Gasteiger partial charge in [-0.3, -0.25) is 9.59 Å². The van der Waals surface area contributed by atoms with Crippen LogP contribution >= 0.6 is 0 Å². The quantitative estimate of drug-likeness (QED) is 0.680. The lowest BCUT2D eigenvalue weighted by Gasteiger charge is -2.30. The minimum absolute atomic E-state index is 0.223. The van der Waals surface area contributed by atoms with Gasteiger partial charge in [0, 0.05) is 40.8 Å². The predicted molar refractivity (Wildman–Crippen MR) is 119 cm³/mol. The first kappa shape index (κ1) is 21.4. The molecular weight excluding hydrogens is 378 g/mol. The van der Waals surface area contributed by atoms with E-state index in [-0.39, 0.29) is 5.91 Å². The summed E-state index contributed by atoms with van der Waals surface area (Å²) in [6, 6.07) is 2.30. The maximum atomic E-state index is 13.3. The molecule has 0 spiro atoms. The van der Waals surface area contributed by atoms with Crippen molar-refractivity contribution in [2.24, 2.45) is 0 Å². The minimum Gasteiger partial charge on any atom is -0.357 e. The number of carbonyl (C=O) groups is 2. The van der Waals surface area contributed by atoms with Crippen LogP contribution < -0.4 is 9.80 Å². The van der Waals surface area contributed by atoms with Crippen LogP contribution in [-0.4, -0.2) is 56.0 Å². The van der Waals surface area contributed by atoms with Crippen molar-refractivity contribution >= 4 is 23.8 Å². The Morgan fingerprint density at radius 2 is 1.90 bits per heavy atom. The van der Waals surface area contributed by atoms with E-state index in [0.29, 0.717) is 29.9 Å². The monoisotopic (exact) mass is 407 g/mol. The lowest BCUT2D eigenvalue weighted by molar-refractivity contribution is -0.107. The van der Waals surface area contributed by atoms with Gasteiger partial charge in [0.25, 0.3) is 5.91 Å². The number of hydrogen-bond acceptors (Lipinski definition) is 4. The summed E-state index contributed by atoms with van der Waals surface area (Å²) < 4.78 is 1.94. The van der Waals surface area contributed by atoms with Crippen molar-refractivity contribution < 1.29 is 9.59 Å². The molecule has 7 heteroatoms. The van der Waals surface area contributed by atoms with Crippen molar-refractivity contribution in [1.82, 2.24) is 9.47 Å². The van der Waals surface area contributed by atoms with Crippen molar-refractivity contribution in [3.63, 3.8) is 0 Å². The van der Waals surface area contributed by atoms with E-state index in [1.54, 1.807) is 21.1 Å². The largest absolute Gasteiger partial charge is 0.357 e. The van der Waals surface area contributed by atoms with Gasteiger partial charge in [-0.25, -0.2) is 0 Å². The number of allylic oxidation sites excluding steroid dienone is 6. The number of anilines is 2. The molecule has 1 aromatic rings. The molecule has 1 aliphatic carbocycles. The van der Waals surface area contributed by atoms with E-state index in [1.807, 2.05) is 22.8 Å². The topological polar surface area (TPSA) is 72.6 Å². The Morgan fingerprint density at radius 3 is 2.53 bits per heavy atom. The summed E-state index contributed by atoms with van der Waals surface area (Å²) in [4.78, 5) is 30.0. The van der Waals surface area contributed by atoms with E-state index in [9.17, 15) is 14.9 Å². The first-order valence-corrected chi connectivity index (χ1v) is 10.3. The molecule has 0 N–H and O–H groups in total. The number of piperidine rings is 1. The van der Waals surface area contributed by atoms with E-state index < -0.39 is 0 Å². The summed E-state index contributed by atoms with van der Waals surface area (Å²) in [5.41, 5.74) is 2.28. The zero-order chi connectivity index (χ0) is 21.7. The van der Waals surface area contributed by atoms with E-state index in [4.69, 9.17) is 0 Å². The van der Waals surface area contributed by atoms with Gasteiger partial charge in [0.05, 0.1) is 5.69 Å². The molecule has 7 nitrogen and oxygen atoms in total. The van der Waals surface area contributed by atoms with E-state index in [0.717, 1.165) is 50.2 Å². The number of amides is 2. The molecule has 1 aromatic heterocycles. The Morgan fingerprint density at radius 1 is 1.17 bits per heavy atom. The number of carbonyl (C=O) groups excluding carboxylic acids is 2. The van der Waals surface area contributed by atoms with Gasteiger partial charge in [0.2, 0.25) is 6.41 Å². The van der Waals surface area contributed by atoms with Crippen molar-refractivity contribution in [2.45, 2.75) is 32.2 Å². The number of nitrogens with zero attached hydrogens (tertiary/aromatic N) is 5. The third-order valence-corrected chi connectivity index (χ3v) is 5.53. The standard InChI is InChI=1S/C23H29N5O2/c1-25(2)23(30)21-20(26(3)17-29)19(15-24)22(27-13-9-6-10-14-27)28(21)16-18-11-7-4-5-8-12-18/h4-5,7-8,11,17H,6,9-10,12-14,16H2,1-3H3. The highest BCUT2D eigenvalue weighted by molar-refractivity contribution is 6.04. The average Bonchev–Trinajstić information content (AvgIpc) is 2.88. The van der Waals surface area contributed by atoms with E-state index >= 15 is 0 Å². The molecule has 1 saturated heterocycles. The smallest absolute Gasteiger partial charge is 0.272 e. The second kappa shape index (κ2) is 9.49. The van der Waals surface area contributed by atoms with Crippen LogP contribution in [0.3, 0.4) is 0 Å². The van der Waals surface area contributed by atoms with Crippen molar-refractivity contribution in [1.29, 1.82) is 5.26 Å². The van der Waals surface area contributed by atoms with Gasteiger partial charge >= 0.3 is 0 Å². The van der Waals surface area contributed by atoms with Crippen LogP contribution in [0.25, 0.3) is 0 Å². The third kappa shape index (κ3) is 4.18. The molecule has 2 amide bonds. The number of hydrogen-bond donors (Lipinski definition) is 0. The summed E-state index contributed by atoms with van der Waals surface area (Å²) in [7, 11) is 4.97. The Hall–Kier alpha value is -3.27. The van der Waals surface area contributed by atoms with E-state index in [2.05, 4.69) is 23.1 Å². The first-order chi connectivity index (χ1) is 14.5. The third-order valence-electron chi connectivity index (χ3n) is 5.53. The van der Waals surface area contributed by atoms with Crippen molar-refractivity contribution in [2.75, 3.05) is 44.0 Å². The molecule has 0 atom stereocenters. The normalized spacial score (nSPS) is 15.9. The molecule has 3 rings (SSSR count). The molecule has 158 valence electrons. The molecule has 0 radical (unpaired) electrons. The van der Waals surface area contributed by atoms with Gasteiger partial charge < -0.3 is 19.3 Å². The molecule has 30 heavy (non-hydrogen) atoms. The van der Waals surface area contributed by atoms with Crippen LogP contribution in [0.15, 0.2) is 36.0 Å². The summed E-state index contributed by atoms with van der Waals surface area (Å²) in [6.07, 6.45) is 14.8. The van der Waals surface area contributed by atoms with Crippen LogP contribution in [0.2, 0.25) is 0 Å². The molecule has 0 saturated carbocycles.